The van der Waals surface area contributed by atoms with Crippen molar-refractivity contribution in [2.45, 2.75) is 33.2 Å². The molecule has 2 heterocycles. The van der Waals surface area contributed by atoms with Crippen molar-refractivity contribution >= 4 is 16.9 Å². The van der Waals surface area contributed by atoms with E-state index in [0.717, 1.165) is 22.4 Å². The molecule has 1 aliphatic carbocycles. The van der Waals surface area contributed by atoms with Gasteiger partial charge in [0.2, 0.25) is 0 Å². The molecule has 42 heavy (non-hydrogen) atoms. The van der Waals surface area contributed by atoms with Gasteiger partial charge < -0.3 is 14.6 Å². The van der Waals surface area contributed by atoms with Crippen molar-refractivity contribution in [1.29, 1.82) is 0 Å². The highest BCUT2D eigenvalue weighted by Gasteiger charge is 2.28. The Labute approximate surface area is 246 Å². The van der Waals surface area contributed by atoms with Crippen molar-refractivity contribution in [2.24, 2.45) is 11.8 Å². The Kier molecular flexibility index (Phi) is 8.72. The average Bonchev–Trinajstić information content (AvgIpc) is 3.74. The lowest BCUT2D eigenvalue weighted by Crippen LogP contribution is -2.48. The number of fused-ring (bicyclic) bond motifs is 1. The Morgan fingerprint density at radius 3 is 2.36 bits per heavy atom. The van der Waals surface area contributed by atoms with E-state index in [1.54, 1.807) is 35.4 Å². The van der Waals surface area contributed by atoms with Gasteiger partial charge in [0.15, 0.2) is 0 Å². The topological polar surface area (TPSA) is 45.5 Å². The summed E-state index contributed by atoms with van der Waals surface area (Å²) in [5.41, 5.74) is 4.98. The first-order valence-electron chi connectivity index (χ1n) is 14.3. The number of likely N-dealkylation sites (tertiary alicyclic amines) is 1. The van der Waals surface area contributed by atoms with Crippen LogP contribution in [-0.4, -0.2) is 23.9 Å². The van der Waals surface area contributed by atoms with Crippen molar-refractivity contribution in [3.05, 3.63) is 121 Å². The maximum atomic E-state index is 15.3. The molecule has 4 nitrogen and oxygen atoms in total. The number of carbonyl (C=O) groups excluding carboxylic acids is 1. The molecule has 1 saturated carbocycles. The number of rotatable bonds is 8. The van der Waals surface area contributed by atoms with E-state index in [-0.39, 0.29) is 11.7 Å². The maximum Gasteiger partial charge on any atom is 0.253 e. The molecule has 6 rings (SSSR count). The summed E-state index contributed by atoms with van der Waals surface area (Å²) in [4.78, 5) is 14.3. The molecular formula is C36H36F2N2O2. The van der Waals surface area contributed by atoms with Gasteiger partial charge in [0.1, 0.15) is 23.0 Å². The van der Waals surface area contributed by atoms with Crippen LogP contribution in [0.25, 0.3) is 33.2 Å². The minimum atomic E-state index is -0.471. The third-order valence-electron chi connectivity index (χ3n) is 7.72. The van der Waals surface area contributed by atoms with Gasteiger partial charge in [0, 0.05) is 35.2 Å². The molecule has 3 aromatic carbocycles. The first-order valence-corrected chi connectivity index (χ1v) is 14.3. The van der Waals surface area contributed by atoms with Crippen molar-refractivity contribution in [2.75, 3.05) is 13.1 Å². The number of hydrogen-bond donors (Lipinski definition) is 1. The molecule has 0 atom stereocenters. The van der Waals surface area contributed by atoms with Gasteiger partial charge in [0.05, 0.1) is 6.54 Å². The quantitative estimate of drug-likeness (QED) is 0.217. The molecule has 1 saturated heterocycles. The van der Waals surface area contributed by atoms with Crippen LogP contribution in [0.2, 0.25) is 0 Å². The number of allylic oxidation sites excluding steroid dienone is 3. The van der Waals surface area contributed by atoms with Crippen molar-refractivity contribution < 1.29 is 18.0 Å². The average molecular weight is 567 g/mol. The van der Waals surface area contributed by atoms with E-state index in [9.17, 15) is 9.18 Å². The standard InChI is InChI=1S/C28H24F2N2O2.C8H12/c1-3-31-14-23-11-21-10-20(12-25(27(21)34-23)18-4-7-22(29)8-5-18)24-9-6-19(13-26(24)30)28(33)32-15-17(2)16-32;1-3-4-7(2)8-5-6-8/h3-13,17,31H,1,14-16H2,2H3;3-4,8H,1,5-6H2,2H3/b;7-4+. The van der Waals surface area contributed by atoms with Gasteiger partial charge in [-0.25, -0.2) is 8.78 Å². The zero-order valence-electron chi connectivity index (χ0n) is 24.1. The zero-order valence-corrected chi connectivity index (χ0v) is 24.1. The predicted octanol–water partition coefficient (Wildman–Crippen LogP) is 8.90. The largest absolute Gasteiger partial charge is 0.459 e. The monoisotopic (exact) mass is 566 g/mol. The molecular weight excluding hydrogens is 530 g/mol. The second kappa shape index (κ2) is 12.6. The molecule has 1 aromatic heterocycles. The molecule has 0 radical (unpaired) electrons. The van der Waals surface area contributed by atoms with E-state index in [2.05, 4.69) is 38.4 Å². The minimum Gasteiger partial charge on any atom is -0.459 e. The fourth-order valence-corrected chi connectivity index (χ4v) is 5.26. The lowest BCUT2D eigenvalue weighted by molar-refractivity contribution is 0.0530. The van der Waals surface area contributed by atoms with E-state index in [0.29, 0.717) is 53.6 Å². The summed E-state index contributed by atoms with van der Waals surface area (Å²) in [5.74, 6) is 1.12. The van der Waals surface area contributed by atoms with Crippen molar-refractivity contribution in [3.8, 4) is 22.3 Å². The molecule has 0 spiro atoms. The van der Waals surface area contributed by atoms with E-state index in [1.165, 1.54) is 36.6 Å². The SMILES string of the molecule is C=C/C=C(\C)C1CC1.C=CNCc1cc2cc(-c3ccc(C(=O)N4CC(C)C4)cc3F)cc(-c3ccc(F)cc3)c2o1. The minimum absolute atomic E-state index is 0.153. The van der Waals surface area contributed by atoms with Gasteiger partial charge in [-0.15, -0.1) is 0 Å². The summed E-state index contributed by atoms with van der Waals surface area (Å²) >= 11 is 0. The Morgan fingerprint density at radius 2 is 1.74 bits per heavy atom. The Bertz CT molecular complexity index is 1640. The summed E-state index contributed by atoms with van der Waals surface area (Å²) in [6.45, 7) is 13.4. The lowest BCUT2D eigenvalue weighted by atomic mass is 9.95. The van der Waals surface area contributed by atoms with Gasteiger partial charge in [-0.2, -0.15) is 0 Å². The first-order chi connectivity index (χ1) is 20.3. The predicted molar refractivity (Wildman–Crippen MR) is 166 cm³/mol. The summed E-state index contributed by atoms with van der Waals surface area (Å²) in [6, 6.07) is 16.3. The van der Waals surface area contributed by atoms with Crippen LogP contribution in [0.5, 0.6) is 0 Å². The number of nitrogens with one attached hydrogen (secondary N) is 1. The highest BCUT2D eigenvalue weighted by Crippen LogP contribution is 2.37. The van der Waals surface area contributed by atoms with E-state index in [1.807, 2.05) is 24.3 Å². The highest BCUT2D eigenvalue weighted by atomic mass is 19.1. The number of amides is 1. The third kappa shape index (κ3) is 6.54. The summed E-state index contributed by atoms with van der Waals surface area (Å²) in [5, 5.41) is 3.81. The van der Waals surface area contributed by atoms with Gasteiger partial charge in [-0.3, -0.25) is 4.79 Å². The normalized spacial score (nSPS) is 15.0. The third-order valence-corrected chi connectivity index (χ3v) is 7.72. The second-order valence-electron chi connectivity index (χ2n) is 11.2. The molecule has 0 unspecified atom stereocenters. The number of nitrogens with zero attached hydrogens (tertiary/aromatic N) is 1. The highest BCUT2D eigenvalue weighted by molar-refractivity contribution is 5.98. The molecule has 1 aliphatic heterocycles. The Hall–Kier alpha value is -4.45. The fraction of sp³-hybridized carbons (Fsp3) is 0.250. The van der Waals surface area contributed by atoms with Crippen LogP contribution >= 0.6 is 0 Å². The van der Waals surface area contributed by atoms with Crippen LogP contribution in [0.1, 0.15) is 42.8 Å². The van der Waals surface area contributed by atoms with Gasteiger partial charge in [0.25, 0.3) is 5.91 Å². The van der Waals surface area contributed by atoms with Crippen molar-refractivity contribution in [1.82, 2.24) is 10.2 Å². The van der Waals surface area contributed by atoms with Crippen LogP contribution in [0.4, 0.5) is 8.78 Å². The summed E-state index contributed by atoms with van der Waals surface area (Å²) in [7, 11) is 0. The number of halogens is 2. The van der Waals surface area contributed by atoms with E-state index < -0.39 is 5.82 Å². The van der Waals surface area contributed by atoms with Crippen LogP contribution in [0, 0.1) is 23.5 Å². The second-order valence-corrected chi connectivity index (χ2v) is 11.2. The van der Waals surface area contributed by atoms with Crippen molar-refractivity contribution in [3.63, 3.8) is 0 Å². The molecule has 0 bridgehead atoms. The summed E-state index contributed by atoms with van der Waals surface area (Å²) < 4.78 is 34.9. The number of hydrogen-bond acceptors (Lipinski definition) is 3. The molecule has 1 amide bonds. The fourth-order valence-electron chi connectivity index (χ4n) is 5.26. The van der Waals surface area contributed by atoms with E-state index >= 15 is 4.39 Å². The maximum absolute atomic E-state index is 15.3. The zero-order chi connectivity index (χ0) is 29.8. The van der Waals surface area contributed by atoms with E-state index in [4.69, 9.17) is 4.42 Å². The lowest BCUT2D eigenvalue weighted by Gasteiger charge is -2.37. The molecule has 2 aliphatic rings. The van der Waals surface area contributed by atoms with Crippen LogP contribution in [0.15, 0.2) is 102 Å². The Balaban J connectivity index is 0.000000382. The van der Waals surface area contributed by atoms with Crippen LogP contribution in [0.3, 0.4) is 0 Å². The molecule has 6 heteroatoms. The number of benzene rings is 3. The molecule has 4 aromatic rings. The smallest absolute Gasteiger partial charge is 0.253 e. The molecule has 2 fully saturated rings. The molecule has 216 valence electrons. The number of furan rings is 1. The number of carbonyl (C=O) groups is 1. The summed E-state index contributed by atoms with van der Waals surface area (Å²) in [6.07, 6.45) is 8.36. The van der Waals surface area contributed by atoms with Gasteiger partial charge in [-0.05, 0) is 91.4 Å². The molecule has 1 N–H and O–H groups in total. The Morgan fingerprint density at radius 1 is 1.00 bits per heavy atom. The first kappa shape index (κ1) is 29.1. The van der Waals surface area contributed by atoms with Crippen LogP contribution < -0.4 is 5.32 Å². The van der Waals surface area contributed by atoms with Gasteiger partial charge in [-0.1, -0.05) is 56.0 Å². The van der Waals surface area contributed by atoms with Crippen LogP contribution in [-0.2, 0) is 6.54 Å². The van der Waals surface area contributed by atoms with Gasteiger partial charge >= 0.3 is 0 Å².